The van der Waals surface area contributed by atoms with Gasteiger partial charge >= 0.3 is 0 Å². The smallest absolute Gasteiger partial charge is 0.167 e. The van der Waals surface area contributed by atoms with Crippen LogP contribution in [0.2, 0.25) is 0 Å². The molecule has 0 aromatic carbocycles. The van der Waals surface area contributed by atoms with Crippen molar-refractivity contribution in [3.63, 3.8) is 0 Å². The van der Waals surface area contributed by atoms with Gasteiger partial charge in [0.25, 0.3) is 0 Å². The van der Waals surface area contributed by atoms with Crippen molar-refractivity contribution in [3.05, 3.63) is 11.4 Å². The molecule has 2 heteroatoms. The van der Waals surface area contributed by atoms with Crippen molar-refractivity contribution in [1.82, 2.24) is 0 Å². The molecule has 0 N–H and O–H groups in total. The van der Waals surface area contributed by atoms with E-state index >= 15 is 0 Å². The van der Waals surface area contributed by atoms with Gasteiger partial charge in [-0.2, -0.15) is 0 Å². The molecule has 1 nitrogen and oxygen atoms in total. The van der Waals surface area contributed by atoms with Crippen molar-refractivity contribution < 1.29 is 4.79 Å². The minimum Gasteiger partial charge on any atom is -0.294 e. The Morgan fingerprint density at radius 1 is 1.55 bits per heavy atom. The van der Waals surface area contributed by atoms with Gasteiger partial charge in [-0.15, -0.1) is 0 Å². The number of hydrogen-bond donors (Lipinski definition) is 0. The van der Waals surface area contributed by atoms with Gasteiger partial charge in [-0.1, -0.05) is 6.92 Å². The fourth-order valence-electron chi connectivity index (χ4n) is 1.28. The van der Waals surface area contributed by atoms with E-state index < -0.39 is 0 Å². The Morgan fingerprint density at radius 2 is 2.27 bits per heavy atom. The van der Waals surface area contributed by atoms with Crippen LogP contribution >= 0.6 is 7.55 Å². The van der Waals surface area contributed by atoms with Crippen LogP contribution < -0.4 is 0 Å². The molecule has 0 spiro atoms. The van der Waals surface area contributed by atoms with Crippen LogP contribution in [0.5, 0.6) is 0 Å². The molecule has 60 valence electrons. The van der Waals surface area contributed by atoms with E-state index in [9.17, 15) is 4.79 Å². The van der Waals surface area contributed by atoms with Crippen LogP contribution in [0, 0.1) is 0 Å². The van der Waals surface area contributed by atoms with Crippen LogP contribution in [0.3, 0.4) is 0 Å². The van der Waals surface area contributed by atoms with Gasteiger partial charge in [0, 0.05) is 12.5 Å². The molecule has 0 aliphatic carbocycles. The zero-order valence-corrected chi connectivity index (χ0v) is 8.03. The second-order valence-corrected chi connectivity index (χ2v) is 5.14. The molecule has 0 bridgehead atoms. The largest absolute Gasteiger partial charge is 0.294 e. The fourth-order valence-corrected chi connectivity index (χ4v) is 3.30. The van der Waals surface area contributed by atoms with E-state index in [0.717, 1.165) is 6.42 Å². The molecule has 0 amide bonds. The van der Waals surface area contributed by atoms with Gasteiger partial charge in [0.1, 0.15) is 19.0 Å². The van der Waals surface area contributed by atoms with E-state index in [1.54, 1.807) is 0 Å². The van der Waals surface area contributed by atoms with E-state index in [1.807, 2.05) is 6.08 Å². The molecule has 1 unspecified atom stereocenters. The average molecular weight is 169 g/mol. The van der Waals surface area contributed by atoms with Crippen LogP contribution in [0.1, 0.15) is 26.7 Å². The van der Waals surface area contributed by atoms with Gasteiger partial charge < -0.3 is 0 Å². The third kappa shape index (κ3) is 2.00. The molecular weight excluding hydrogens is 155 g/mol. The van der Waals surface area contributed by atoms with E-state index in [4.69, 9.17) is 0 Å². The lowest BCUT2D eigenvalue weighted by atomic mass is 10.2. The molecule has 0 aromatic rings. The quantitative estimate of drug-likeness (QED) is 0.580. The van der Waals surface area contributed by atoms with E-state index in [-0.39, 0.29) is 13.3 Å². The van der Waals surface area contributed by atoms with Crippen LogP contribution in [0.25, 0.3) is 0 Å². The van der Waals surface area contributed by atoms with Crippen LogP contribution in [0.15, 0.2) is 11.4 Å². The van der Waals surface area contributed by atoms with Crippen molar-refractivity contribution >= 4 is 19.1 Å². The maximum atomic E-state index is 11.0. The SMILES string of the molecule is CCC1=CC(=O)CC=[P+]1CC. The summed E-state index contributed by atoms with van der Waals surface area (Å²) in [5.74, 6) is 2.49. The highest BCUT2D eigenvalue weighted by Gasteiger charge is 2.19. The molecule has 1 rings (SSSR count). The minimum atomic E-state index is -0.0444. The molecule has 1 aliphatic rings. The molecule has 1 atom stereocenters. The fraction of sp³-hybridized carbons (Fsp3) is 0.556. The zero-order chi connectivity index (χ0) is 8.27. The van der Waals surface area contributed by atoms with E-state index in [0.29, 0.717) is 6.42 Å². The van der Waals surface area contributed by atoms with Crippen molar-refractivity contribution in [1.29, 1.82) is 0 Å². The second-order valence-electron chi connectivity index (χ2n) is 2.63. The first-order valence-corrected chi connectivity index (χ1v) is 5.71. The van der Waals surface area contributed by atoms with Gasteiger partial charge in [-0.3, -0.25) is 4.79 Å². The average Bonchev–Trinajstić information content (AvgIpc) is 2.04. The Balaban J connectivity index is 2.82. The number of hydrogen-bond acceptors (Lipinski definition) is 1. The first kappa shape index (κ1) is 8.67. The lowest BCUT2D eigenvalue weighted by Gasteiger charge is -2.00. The Morgan fingerprint density at radius 3 is 2.82 bits per heavy atom. The monoisotopic (exact) mass is 169 g/mol. The maximum absolute atomic E-state index is 11.0. The first-order chi connectivity index (χ1) is 5.27. The summed E-state index contributed by atoms with van der Waals surface area (Å²) in [4.78, 5) is 11.0. The second kappa shape index (κ2) is 3.82. The highest BCUT2D eigenvalue weighted by Crippen LogP contribution is 2.37. The topological polar surface area (TPSA) is 17.1 Å². The number of rotatable bonds is 2. The zero-order valence-electron chi connectivity index (χ0n) is 7.13. The summed E-state index contributed by atoms with van der Waals surface area (Å²) in [6, 6.07) is 0. The summed E-state index contributed by atoms with van der Waals surface area (Å²) in [6.07, 6.45) is 4.77. The summed E-state index contributed by atoms with van der Waals surface area (Å²) in [5.41, 5.74) is 0. The first-order valence-electron chi connectivity index (χ1n) is 4.11. The number of carbonyl (C=O) groups excluding carboxylic acids is 1. The Hall–Kier alpha value is -0.420. The highest BCUT2D eigenvalue weighted by molar-refractivity contribution is 7.61. The summed E-state index contributed by atoms with van der Waals surface area (Å²) in [5, 5.41) is 1.37. The Labute approximate surface area is 68.9 Å². The van der Waals surface area contributed by atoms with Gasteiger partial charge in [0.2, 0.25) is 0 Å². The van der Waals surface area contributed by atoms with Gasteiger partial charge in [-0.25, -0.2) is 0 Å². The van der Waals surface area contributed by atoms with Gasteiger partial charge in [-0.05, 0) is 6.92 Å². The molecule has 1 heterocycles. The molecule has 1 aliphatic heterocycles. The van der Waals surface area contributed by atoms with Crippen LogP contribution in [-0.2, 0) is 4.79 Å². The molecule has 0 saturated heterocycles. The normalized spacial score (nSPS) is 21.1. The van der Waals surface area contributed by atoms with Crippen molar-refractivity contribution in [2.45, 2.75) is 26.7 Å². The molecule has 0 radical (unpaired) electrons. The summed E-state index contributed by atoms with van der Waals surface area (Å²) < 4.78 is 0. The Kier molecular flexibility index (Phi) is 3.02. The Bertz CT molecular complexity index is 226. The van der Waals surface area contributed by atoms with Crippen LogP contribution in [-0.4, -0.2) is 17.7 Å². The molecular formula is C9H14OP+. The third-order valence-electron chi connectivity index (χ3n) is 1.91. The van der Waals surface area contributed by atoms with Crippen molar-refractivity contribution in [3.8, 4) is 0 Å². The summed E-state index contributed by atoms with van der Waals surface area (Å²) >= 11 is 0. The van der Waals surface area contributed by atoms with Crippen LogP contribution in [0.4, 0.5) is 0 Å². The molecule has 11 heavy (non-hydrogen) atoms. The highest BCUT2D eigenvalue weighted by atomic mass is 31.1. The van der Waals surface area contributed by atoms with E-state index in [2.05, 4.69) is 19.6 Å². The predicted molar refractivity (Wildman–Crippen MR) is 51.5 cm³/mol. The number of ketones is 1. The summed E-state index contributed by atoms with van der Waals surface area (Å²) in [6.45, 7) is 4.32. The number of carbonyl (C=O) groups is 1. The van der Waals surface area contributed by atoms with Gasteiger partial charge in [0.05, 0.1) is 12.2 Å². The minimum absolute atomic E-state index is 0.0444. The van der Waals surface area contributed by atoms with Gasteiger partial charge in [0.15, 0.2) is 5.78 Å². The standard InChI is InChI=1S/C9H14OP/c1-3-9-7-8(10)5-6-11(9)4-2/h6-7H,3-5H2,1-2H3/q+1. The molecule has 0 fully saturated rings. The molecule has 0 aromatic heterocycles. The van der Waals surface area contributed by atoms with Crippen molar-refractivity contribution in [2.24, 2.45) is 0 Å². The van der Waals surface area contributed by atoms with Crippen molar-refractivity contribution in [2.75, 3.05) is 6.16 Å². The lowest BCUT2D eigenvalue weighted by Crippen LogP contribution is -2.00. The maximum Gasteiger partial charge on any atom is 0.167 e. The third-order valence-corrected chi connectivity index (χ3v) is 4.40. The van der Waals surface area contributed by atoms with E-state index in [1.165, 1.54) is 11.5 Å². The lowest BCUT2D eigenvalue weighted by molar-refractivity contribution is -0.113. The predicted octanol–water partition coefficient (Wildman–Crippen LogP) is 2.56. The number of allylic oxidation sites excluding steroid dienone is 2. The molecule has 0 saturated carbocycles. The summed E-state index contributed by atoms with van der Waals surface area (Å²) in [7, 11) is -0.0444.